The quantitative estimate of drug-likeness (QED) is 0.190. The first-order chi connectivity index (χ1) is 22.5. The van der Waals surface area contributed by atoms with Crippen LogP contribution >= 0.6 is 0 Å². The third kappa shape index (κ3) is 3.26. The van der Waals surface area contributed by atoms with Crippen molar-refractivity contribution in [3.8, 4) is 22.5 Å². The fraction of sp³-hybridized carbons (Fsp3) is 0.0909. The van der Waals surface area contributed by atoms with Gasteiger partial charge in [0, 0.05) is 43.9 Å². The van der Waals surface area contributed by atoms with Crippen molar-refractivity contribution >= 4 is 54.4 Å². The van der Waals surface area contributed by atoms with Crippen LogP contribution in [0.4, 0.5) is 0 Å². The van der Waals surface area contributed by atoms with E-state index < -0.39 is 0 Å². The van der Waals surface area contributed by atoms with E-state index in [1.165, 1.54) is 93.6 Å². The van der Waals surface area contributed by atoms with Crippen LogP contribution < -0.4 is 0 Å². The molecule has 7 aromatic carbocycles. The van der Waals surface area contributed by atoms with Crippen molar-refractivity contribution in [2.45, 2.75) is 26.2 Å². The summed E-state index contributed by atoms with van der Waals surface area (Å²) in [6, 6.07) is 51.7. The molecular formula is C44H32N2. The number of hydrogen-bond donors (Lipinski definition) is 0. The Hall–Kier alpha value is -5.60. The van der Waals surface area contributed by atoms with E-state index in [1.807, 2.05) is 0 Å². The molecule has 0 radical (unpaired) electrons. The highest BCUT2D eigenvalue weighted by molar-refractivity contribution is 6.18. The van der Waals surface area contributed by atoms with Gasteiger partial charge in [0.05, 0.1) is 22.1 Å². The van der Waals surface area contributed by atoms with E-state index in [4.69, 9.17) is 0 Å². The number of benzene rings is 7. The van der Waals surface area contributed by atoms with Crippen LogP contribution in [0.15, 0.2) is 140 Å². The van der Waals surface area contributed by atoms with Gasteiger partial charge in [-0.1, -0.05) is 111 Å². The summed E-state index contributed by atoms with van der Waals surface area (Å²) in [5, 5.41) is 7.69. The molecule has 0 saturated heterocycles. The van der Waals surface area contributed by atoms with Crippen molar-refractivity contribution < 1.29 is 0 Å². The molecule has 2 aromatic heterocycles. The number of aryl methyl sites for hydroxylation is 1. The molecule has 0 fully saturated rings. The minimum atomic E-state index is -0.0661. The van der Waals surface area contributed by atoms with Crippen LogP contribution in [-0.4, -0.2) is 9.13 Å². The standard InChI is InChI=1S/C44H32N2/c1-27-24-37-42(33-15-6-9-17-36(33)44(37,2)3)43-41(27)34-16-8-11-19-39(34)46(43)31-22-23-40-35(26-31)32-14-7-10-18-38(32)45(40)30-21-20-28-12-4-5-13-29(28)25-30/h4-26H,1-3H3. The average molecular weight is 589 g/mol. The van der Waals surface area contributed by atoms with Gasteiger partial charge in [-0.2, -0.15) is 0 Å². The zero-order valence-corrected chi connectivity index (χ0v) is 26.2. The molecule has 10 rings (SSSR count). The Bertz CT molecular complexity index is 2730. The van der Waals surface area contributed by atoms with Gasteiger partial charge in [-0.3, -0.25) is 0 Å². The lowest BCUT2D eigenvalue weighted by molar-refractivity contribution is 0.660. The topological polar surface area (TPSA) is 9.86 Å². The zero-order chi connectivity index (χ0) is 30.7. The van der Waals surface area contributed by atoms with E-state index >= 15 is 0 Å². The van der Waals surface area contributed by atoms with Gasteiger partial charge >= 0.3 is 0 Å². The van der Waals surface area contributed by atoms with Crippen molar-refractivity contribution in [1.29, 1.82) is 0 Å². The number of para-hydroxylation sites is 2. The Morgan fingerprint density at radius 3 is 1.96 bits per heavy atom. The SMILES string of the molecule is Cc1cc2c(c3c1c1ccccc1n3-c1ccc3c(c1)c1ccccc1n3-c1ccc3ccccc3c1)-c1ccccc1C2(C)C. The van der Waals surface area contributed by atoms with Crippen molar-refractivity contribution in [2.24, 2.45) is 0 Å². The Kier molecular flexibility index (Phi) is 5.02. The summed E-state index contributed by atoms with van der Waals surface area (Å²) in [6.45, 7) is 7.05. The second-order valence-electron chi connectivity index (χ2n) is 13.4. The van der Waals surface area contributed by atoms with Gasteiger partial charge in [0.15, 0.2) is 0 Å². The van der Waals surface area contributed by atoms with E-state index in [0.717, 1.165) is 0 Å². The van der Waals surface area contributed by atoms with Gasteiger partial charge < -0.3 is 9.13 Å². The Labute approximate surface area is 267 Å². The second-order valence-corrected chi connectivity index (χ2v) is 13.4. The molecule has 0 unspecified atom stereocenters. The monoisotopic (exact) mass is 588 g/mol. The number of fused-ring (bicyclic) bond motifs is 11. The zero-order valence-electron chi connectivity index (χ0n) is 26.2. The maximum absolute atomic E-state index is 2.54. The third-order valence-corrected chi connectivity index (χ3v) is 10.6. The molecule has 2 heteroatoms. The Morgan fingerprint density at radius 2 is 1.11 bits per heavy atom. The molecular weight excluding hydrogens is 556 g/mol. The maximum Gasteiger partial charge on any atom is 0.0625 e. The molecule has 0 amide bonds. The summed E-state index contributed by atoms with van der Waals surface area (Å²) in [5.74, 6) is 0. The van der Waals surface area contributed by atoms with Gasteiger partial charge in [0.1, 0.15) is 0 Å². The van der Waals surface area contributed by atoms with Gasteiger partial charge in [-0.25, -0.2) is 0 Å². The minimum Gasteiger partial charge on any atom is -0.309 e. The smallest absolute Gasteiger partial charge is 0.0625 e. The highest BCUT2D eigenvalue weighted by Crippen LogP contribution is 2.53. The number of nitrogens with zero attached hydrogens (tertiary/aromatic N) is 2. The van der Waals surface area contributed by atoms with Crippen LogP contribution in [0, 0.1) is 6.92 Å². The molecule has 46 heavy (non-hydrogen) atoms. The van der Waals surface area contributed by atoms with Gasteiger partial charge in [-0.05, 0) is 82.4 Å². The van der Waals surface area contributed by atoms with Crippen molar-refractivity contribution in [2.75, 3.05) is 0 Å². The predicted octanol–water partition coefficient (Wildman–Crippen LogP) is 11.6. The summed E-state index contributed by atoms with van der Waals surface area (Å²) < 4.78 is 4.96. The number of aromatic nitrogens is 2. The highest BCUT2D eigenvalue weighted by atomic mass is 15.0. The van der Waals surface area contributed by atoms with Gasteiger partial charge in [-0.15, -0.1) is 0 Å². The van der Waals surface area contributed by atoms with E-state index in [0.29, 0.717) is 0 Å². The molecule has 2 heterocycles. The van der Waals surface area contributed by atoms with Crippen molar-refractivity contribution in [3.05, 3.63) is 156 Å². The molecule has 218 valence electrons. The maximum atomic E-state index is 2.54. The normalized spacial score (nSPS) is 13.7. The molecule has 1 aliphatic rings. The Balaban J connectivity index is 1.32. The first-order valence-electron chi connectivity index (χ1n) is 16.2. The first kappa shape index (κ1) is 25.7. The molecule has 0 N–H and O–H groups in total. The van der Waals surface area contributed by atoms with E-state index in [2.05, 4.69) is 169 Å². The summed E-state index contributed by atoms with van der Waals surface area (Å²) in [7, 11) is 0. The highest BCUT2D eigenvalue weighted by Gasteiger charge is 2.38. The molecule has 1 aliphatic carbocycles. The molecule has 0 saturated carbocycles. The van der Waals surface area contributed by atoms with E-state index in [-0.39, 0.29) is 5.41 Å². The largest absolute Gasteiger partial charge is 0.309 e. The van der Waals surface area contributed by atoms with Crippen LogP contribution in [0.25, 0.3) is 76.9 Å². The fourth-order valence-corrected chi connectivity index (χ4v) is 8.48. The fourth-order valence-electron chi connectivity index (χ4n) is 8.48. The lowest BCUT2D eigenvalue weighted by Crippen LogP contribution is -2.15. The van der Waals surface area contributed by atoms with Gasteiger partial charge in [0.25, 0.3) is 0 Å². The van der Waals surface area contributed by atoms with E-state index in [9.17, 15) is 0 Å². The van der Waals surface area contributed by atoms with Crippen LogP contribution in [0.5, 0.6) is 0 Å². The second kappa shape index (κ2) is 8.99. The first-order valence-corrected chi connectivity index (χ1v) is 16.2. The molecule has 9 aromatic rings. The van der Waals surface area contributed by atoms with Crippen LogP contribution in [0.3, 0.4) is 0 Å². The summed E-state index contributed by atoms with van der Waals surface area (Å²) in [5.41, 5.74) is 14.2. The number of hydrogen-bond acceptors (Lipinski definition) is 0. The predicted molar refractivity (Wildman–Crippen MR) is 195 cm³/mol. The molecule has 2 nitrogen and oxygen atoms in total. The van der Waals surface area contributed by atoms with Crippen LogP contribution in [0.2, 0.25) is 0 Å². The van der Waals surface area contributed by atoms with Crippen molar-refractivity contribution in [1.82, 2.24) is 9.13 Å². The molecule has 0 spiro atoms. The average Bonchev–Trinajstić information content (AvgIpc) is 3.68. The number of rotatable bonds is 2. The van der Waals surface area contributed by atoms with Crippen LogP contribution in [-0.2, 0) is 5.41 Å². The van der Waals surface area contributed by atoms with E-state index in [1.54, 1.807) is 0 Å². The van der Waals surface area contributed by atoms with Gasteiger partial charge in [0.2, 0.25) is 0 Å². The molecule has 0 bridgehead atoms. The summed E-state index contributed by atoms with van der Waals surface area (Å²) >= 11 is 0. The summed E-state index contributed by atoms with van der Waals surface area (Å²) in [6.07, 6.45) is 0. The third-order valence-electron chi connectivity index (χ3n) is 10.6. The molecule has 0 aliphatic heterocycles. The Morgan fingerprint density at radius 1 is 0.478 bits per heavy atom. The lowest BCUT2D eigenvalue weighted by atomic mass is 9.81. The molecule has 0 atom stereocenters. The minimum absolute atomic E-state index is 0.0661. The van der Waals surface area contributed by atoms with Crippen LogP contribution in [0.1, 0.15) is 30.5 Å². The van der Waals surface area contributed by atoms with Crippen molar-refractivity contribution in [3.63, 3.8) is 0 Å². The summed E-state index contributed by atoms with van der Waals surface area (Å²) in [4.78, 5) is 0. The lowest BCUT2D eigenvalue weighted by Gasteiger charge is -2.22.